The van der Waals surface area contributed by atoms with E-state index in [1.165, 1.54) is 12.1 Å². The standard InChI is InChI=1S/C12H18FNO3S/c1-9(5-6-15)8-14-18(16,17)12-4-3-11(13)7-10(12)2/h3-4,7,9,14-15H,5-6,8H2,1-2H3. The van der Waals surface area contributed by atoms with Gasteiger partial charge in [-0.05, 0) is 43.0 Å². The van der Waals surface area contributed by atoms with E-state index in [0.29, 0.717) is 12.0 Å². The molecule has 1 atom stereocenters. The van der Waals surface area contributed by atoms with Crippen molar-refractivity contribution in [2.75, 3.05) is 13.2 Å². The van der Waals surface area contributed by atoms with Crippen LogP contribution in [0.4, 0.5) is 4.39 Å². The summed E-state index contributed by atoms with van der Waals surface area (Å²) in [6.45, 7) is 3.67. The second-order valence-electron chi connectivity index (χ2n) is 4.38. The summed E-state index contributed by atoms with van der Waals surface area (Å²) >= 11 is 0. The monoisotopic (exact) mass is 275 g/mol. The van der Waals surface area contributed by atoms with Crippen LogP contribution in [0.2, 0.25) is 0 Å². The lowest BCUT2D eigenvalue weighted by Crippen LogP contribution is -2.29. The fourth-order valence-electron chi connectivity index (χ4n) is 1.57. The molecular formula is C12H18FNO3S. The van der Waals surface area contributed by atoms with E-state index in [2.05, 4.69) is 4.72 Å². The maximum Gasteiger partial charge on any atom is 0.240 e. The van der Waals surface area contributed by atoms with Crippen LogP contribution in [-0.2, 0) is 10.0 Å². The zero-order valence-corrected chi connectivity index (χ0v) is 11.3. The van der Waals surface area contributed by atoms with E-state index in [4.69, 9.17) is 5.11 Å². The number of halogens is 1. The Labute approximate surface area is 107 Å². The Balaban J connectivity index is 2.80. The quantitative estimate of drug-likeness (QED) is 0.825. The van der Waals surface area contributed by atoms with Crippen LogP contribution in [-0.4, -0.2) is 26.7 Å². The van der Waals surface area contributed by atoms with Crippen LogP contribution in [0.3, 0.4) is 0 Å². The SMILES string of the molecule is Cc1cc(F)ccc1S(=O)(=O)NCC(C)CCO. The first-order chi connectivity index (χ1) is 8.36. The number of benzene rings is 1. The van der Waals surface area contributed by atoms with Crippen molar-refractivity contribution in [2.45, 2.75) is 25.2 Å². The molecule has 0 spiro atoms. The predicted octanol–water partition coefficient (Wildman–Crippen LogP) is 1.43. The maximum atomic E-state index is 12.9. The van der Waals surface area contributed by atoms with Crippen LogP contribution in [0.25, 0.3) is 0 Å². The number of hydrogen-bond acceptors (Lipinski definition) is 3. The van der Waals surface area contributed by atoms with Gasteiger partial charge in [0, 0.05) is 13.2 Å². The van der Waals surface area contributed by atoms with Crippen molar-refractivity contribution in [1.29, 1.82) is 0 Å². The Bertz CT molecular complexity index is 502. The van der Waals surface area contributed by atoms with Crippen molar-refractivity contribution >= 4 is 10.0 Å². The Kier molecular flexibility index (Phi) is 5.25. The molecule has 2 N–H and O–H groups in total. The van der Waals surface area contributed by atoms with Gasteiger partial charge < -0.3 is 5.11 Å². The van der Waals surface area contributed by atoms with Gasteiger partial charge in [0.05, 0.1) is 4.90 Å². The van der Waals surface area contributed by atoms with E-state index in [9.17, 15) is 12.8 Å². The average Bonchev–Trinajstić information content (AvgIpc) is 2.26. The molecule has 0 aliphatic rings. The summed E-state index contributed by atoms with van der Waals surface area (Å²) in [6, 6.07) is 3.56. The van der Waals surface area contributed by atoms with Crippen LogP contribution in [0, 0.1) is 18.7 Å². The normalized spacial score (nSPS) is 13.6. The summed E-state index contributed by atoms with van der Waals surface area (Å²) in [4.78, 5) is 0.0834. The van der Waals surface area contributed by atoms with Crippen molar-refractivity contribution in [3.63, 3.8) is 0 Å². The van der Waals surface area contributed by atoms with Gasteiger partial charge in [-0.25, -0.2) is 17.5 Å². The minimum absolute atomic E-state index is 0.0263. The molecule has 0 amide bonds. The Morgan fingerprint density at radius 3 is 2.67 bits per heavy atom. The smallest absolute Gasteiger partial charge is 0.240 e. The molecule has 0 aliphatic carbocycles. The molecular weight excluding hydrogens is 257 g/mol. The Morgan fingerprint density at radius 2 is 2.11 bits per heavy atom. The molecule has 0 aromatic heterocycles. The summed E-state index contributed by atoms with van der Waals surface area (Å²) in [6.07, 6.45) is 0.533. The molecule has 6 heteroatoms. The predicted molar refractivity (Wildman–Crippen MR) is 67.2 cm³/mol. The van der Waals surface area contributed by atoms with Crippen molar-refractivity contribution in [3.8, 4) is 0 Å². The molecule has 4 nitrogen and oxygen atoms in total. The van der Waals surface area contributed by atoms with Crippen LogP contribution >= 0.6 is 0 Å². The lowest BCUT2D eigenvalue weighted by molar-refractivity contribution is 0.263. The average molecular weight is 275 g/mol. The molecule has 0 bridgehead atoms. The van der Waals surface area contributed by atoms with Crippen molar-refractivity contribution in [1.82, 2.24) is 4.72 Å². The molecule has 0 radical (unpaired) electrons. The van der Waals surface area contributed by atoms with Gasteiger partial charge in [-0.3, -0.25) is 0 Å². The van der Waals surface area contributed by atoms with Gasteiger partial charge in [-0.15, -0.1) is 0 Å². The molecule has 1 aromatic carbocycles. The van der Waals surface area contributed by atoms with Gasteiger partial charge in [-0.2, -0.15) is 0 Å². The highest BCUT2D eigenvalue weighted by molar-refractivity contribution is 7.89. The number of aliphatic hydroxyl groups excluding tert-OH is 1. The third-order valence-corrected chi connectivity index (χ3v) is 4.25. The first-order valence-corrected chi connectivity index (χ1v) is 7.22. The third kappa shape index (κ3) is 4.04. The Morgan fingerprint density at radius 1 is 1.44 bits per heavy atom. The third-order valence-electron chi connectivity index (χ3n) is 2.67. The molecule has 18 heavy (non-hydrogen) atoms. The number of rotatable bonds is 6. The molecule has 1 rings (SSSR count). The number of aryl methyl sites for hydroxylation is 1. The zero-order chi connectivity index (χ0) is 13.8. The summed E-state index contributed by atoms with van der Waals surface area (Å²) in [7, 11) is -3.62. The second-order valence-corrected chi connectivity index (χ2v) is 6.11. The molecule has 0 aliphatic heterocycles. The lowest BCUT2D eigenvalue weighted by atomic mass is 10.1. The number of nitrogens with one attached hydrogen (secondary N) is 1. The van der Waals surface area contributed by atoms with Gasteiger partial charge in [0.1, 0.15) is 5.82 Å². The van der Waals surface area contributed by atoms with E-state index in [1.54, 1.807) is 6.92 Å². The van der Waals surface area contributed by atoms with E-state index in [1.807, 2.05) is 6.92 Å². The molecule has 0 saturated heterocycles. The number of sulfonamides is 1. The van der Waals surface area contributed by atoms with E-state index < -0.39 is 15.8 Å². The molecule has 0 saturated carbocycles. The topological polar surface area (TPSA) is 66.4 Å². The first kappa shape index (κ1) is 15.1. The van der Waals surface area contributed by atoms with Gasteiger partial charge in [-0.1, -0.05) is 6.92 Å². The zero-order valence-electron chi connectivity index (χ0n) is 10.5. The van der Waals surface area contributed by atoms with Gasteiger partial charge in [0.2, 0.25) is 10.0 Å². The van der Waals surface area contributed by atoms with Crippen molar-refractivity contribution in [3.05, 3.63) is 29.6 Å². The minimum Gasteiger partial charge on any atom is -0.396 e. The highest BCUT2D eigenvalue weighted by atomic mass is 32.2. The summed E-state index contributed by atoms with van der Waals surface area (Å²) < 4.78 is 39.3. The van der Waals surface area contributed by atoms with E-state index in [0.717, 1.165) is 6.07 Å². The Hall–Kier alpha value is -0.980. The molecule has 0 fully saturated rings. The fraction of sp³-hybridized carbons (Fsp3) is 0.500. The van der Waals surface area contributed by atoms with E-state index >= 15 is 0 Å². The largest absolute Gasteiger partial charge is 0.396 e. The highest BCUT2D eigenvalue weighted by Gasteiger charge is 2.17. The molecule has 1 unspecified atom stereocenters. The summed E-state index contributed by atoms with van der Waals surface area (Å²) in [5.74, 6) is -0.411. The summed E-state index contributed by atoms with van der Waals surface area (Å²) in [5.41, 5.74) is 0.373. The van der Waals surface area contributed by atoms with Gasteiger partial charge in [0.25, 0.3) is 0 Å². The molecule has 1 aromatic rings. The van der Waals surface area contributed by atoms with Gasteiger partial charge >= 0.3 is 0 Å². The number of aliphatic hydroxyl groups is 1. The second kappa shape index (κ2) is 6.26. The van der Waals surface area contributed by atoms with Gasteiger partial charge in [0.15, 0.2) is 0 Å². The van der Waals surface area contributed by atoms with Crippen LogP contribution < -0.4 is 4.72 Å². The van der Waals surface area contributed by atoms with Crippen molar-refractivity contribution < 1.29 is 17.9 Å². The van der Waals surface area contributed by atoms with Crippen LogP contribution in [0.5, 0.6) is 0 Å². The summed E-state index contributed by atoms with van der Waals surface area (Å²) in [5, 5.41) is 8.74. The molecule has 0 heterocycles. The first-order valence-electron chi connectivity index (χ1n) is 5.73. The number of hydrogen-bond donors (Lipinski definition) is 2. The van der Waals surface area contributed by atoms with Crippen LogP contribution in [0.15, 0.2) is 23.1 Å². The fourth-order valence-corrected chi connectivity index (χ4v) is 2.96. The van der Waals surface area contributed by atoms with E-state index in [-0.39, 0.29) is 24.0 Å². The highest BCUT2D eigenvalue weighted by Crippen LogP contribution is 2.16. The van der Waals surface area contributed by atoms with Crippen molar-refractivity contribution in [2.24, 2.45) is 5.92 Å². The van der Waals surface area contributed by atoms with Crippen LogP contribution in [0.1, 0.15) is 18.9 Å². The minimum atomic E-state index is -3.62. The lowest BCUT2D eigenvalue weighted by Gasteiger charge is -2.13. The molecule has 102 valence electrons. The maximum absolute atomic E-state index is 12.9.